The van der Waals surface area contributed by atoms with E-state index >= 15 is 0 Å². The van der Waals surface area contributed by atoms with Crippen molar-refractivity contribution in [2.24, 2.45) is 0 Å². The van der Waals surface area contributed by atoms with Crippen LogP contribution in [0.5, 0.6) is 0 Å². The number of aromatic amines is 1. The number of hydrogen-bond donors (Lipinski definition) is 3. The van der Waals surface area contributed by atoms with E-state index in [4.69, 9.17) is 0 Å². The van der Waals surface area contributed by atoms with Gasteiger partial charge in [0, 0.05) is 11.4 Å². The maximum absolute atomic E-state index is 12.3. The molecule has 1 aromatic carbocycles. The molecule has 2 atom stereocenters. The number of nitrogens with zero attached hydrogens (tertiary/aromatic N) is 1. The van der Waals surface area contributed by atoms with Crippen LogP contribution in [0.3, 0.4) is 0 Å². The molecule has 27 heavy (non-hydrogen) atoms. The second kappa shape index (κ2) is 7.47. The van der Waals surface area contributed by atoms with Crippen LogP contribution in [-0.4, -0.2) is 54.0 Å². The van der Waals surface area contributed by atoms with Gasteiger partial charge in [-0.2, -0.15) is 5.10 Å². The molecule has 10 heteroatoms. The fraction of sp³-hybridized carbons (Fsp3) is 0.412. The summed E-state index contributed by atoms with van der Waals surface area (Å²) >= 11 is 0. The molecule has 1 aliphatic heterocycles. The first-order valence-electron chi connectivity index (χ1n) is 8.51. The van der Waals surface area contributed by atoms with Crippen molar-refractivity contribution in [2.75, 3.05) is 11.5 Å². The standard InChI is InChI=1S/C17H20N4O5S/c1-10(16(23)19-11-6-7-27(25,26)9-11)18-15(22)8-14-12-4-2-3-5-13(12)17(24)21-20-14/h2-5,10-11H,6-9H2,1H3,(H,18,22)(H,19,23)(H,21,24)/t10-,11+/m0/s1. The lowest BCUT2D eigenvalue weighted by Gasteiger charge is -2.17. The summed E-state index contributed by atoms with van der Waals surface area (Å²) in [7, 11) is -3.09. The Bertz CT molecular complexity index is 1050. The summed E-state index contributed by atoms with van der Waals surface area (Å²) in [6, 6.07) is 5.56. The van der Waals surface area contributed by atoms with Crippen LogP contribution in [-0.2, 0) is 25.8 Å². The number of carbonyl (C=O) groups excluding carboxylic acids is 2. The number of rotatable bonds is 5. The quantitative estimate of drug-likeness (QED) is 0.613. The van der Waals surface area contributed by atoms with Crippen LogP contribution in [0.15, 0.2) is 29.1 Å². The van der Waals surface area contributed by atoms with Crippen LogP contribution >= 0.6 is 0 Å². The van der Waals surface area contributed by atoms with Gasteiger partial charge < -0.3 is 10.6 Å². The van der Waals surface area contributed by atoms with Gasteiger partial charge in [-0.3, -0.25) is 14.4 Å². The minimum absolute atomic E-state index is 0.0592. The molecule has 1 fully saturated rings. The molecule has 0 saturated carbocycles. The van der Waals surface area contributed by atoms with Gasteiger partial charge in [0.2, 0.25) is 11.8 Å². The van der Waals surface area contributed by atoms with Crippen molar-refractivity contribution in [1.29, 1.82) is 0 Å². The van der Waals surface area contributed by atoms with Crippen LogP contribution < -0.4 is 16.2 Å². The average Bonchev–Trinajstić information content (AvgIpc) is 2.96. The molecule has 2 amide bonds. The van der Waals surface area contributed by atoms with Crippen LogP contribution in [0.1, 0.15) is 19.0 Å². The lowest BCUT2D eigenvalue weighted by Crippen LogP contribution is -2.48. The molecule has 9 nitrogen and oxygen atoms in total. The number of H-pyrrole nitrogens is 1. The highest BCUT2D eigenvalue weighted by Gasteiger charge is 2.30. The third kappa shape index (κ3) is 4.51. The summed E-state index contributed by atoms with van der Waals surface area (Å²) in [5, 5.41) is 12.5. The molecule has 0 radical (unpaired) electrons. The maximum Gasteiger partial charge on any atom is 0.272 e. The Morgan fingerprint density at radius 2 is 2.00 bits per heavy atom. The Balaban J connectivity index is 1.62. The molecule has 0 spiro atoms. The summed E-state index contributed by atoms with van der Waals surface area (Å²) in [6.45, 7) is 1.52. The van der Waals surface area contributed by atoms with Gasteiger partial charge in [-0.1, -0.05) is 18.2 Å². The number of hydrogen-bond acceptors (Lipinski definition) is 6. The van der Waals surface area contributed by atoms with Crippen molar-refractivity contribution in [3.63, 3.8) is 0 Å². The van der Waals surface area contributed by atoms with E-state index in [2.05, 4.69) is 20.8 Å². The number of nitrogens with one attached hydrogen (secondary N) is 3. The van der Waals surface area contributed by atoms with Crippen molar-refractivity contribution >= 4 is 32.4 Å². The van der Waals surface area contributed by atoms with Gasteiger partial charge in [0.15, 0.2) is 9.84 Å². The Kier molecular flexibility index (Phi) is 5.26. The van der Waals surface area contributed by atoms with Gasteiger partial charge in [-0.05, 0) is 19.4 Å². The van der Waals surface area contributed by atoms with E-state index in [1.165, 1.54) is 6.92 Å². The van der Waals surface area contributed by atoms with Crippen molar-refractivity contribution in [3.05, 3.63) is 40.3 Å². The Hall–Kier alpha value is -2.75. The van der Waals surface area contributed by atoms with Crippen LogP contribution in [0.25, 0.3) is 10.8 Å². The van der Waals surface area contributed by atoms with E-state index in [-0.39, 0.29) is 23.5 Å². The first-order valence-corrected chi connectivity index (χ1v) is 10.3. The van der Waals surface area contributed by atoms with Crippen LogP contribution in [0, 0.1) is 0 Å². The molecule has 0 unspecified atom stereocenters. The van der Waals surface area contributed by atoms with Gasteiger partial charge in [0.1, 0.15) is 6.04 Å². The van der Waals surface area contributed by atoms with E-state index in [1.807, 2.05) is 0 Å². The fourth-order valence-electron chi connectivity index (χ4n) is 3.05. The maximum atomic E-state index is 12.3. The SMILES string of the molecule is C[C@H](NC(=O)Cc1n[nH]c(=O)c2ccccc12)C(=O)N[C@@H]1CCS(=O)(=O)C1. The van der Waals surface area contributed by atoms with Crippen LogP contribution in [0.2, 0.25) is 0 Å². The zero-order valence-electron chi connectivity index (χ0n) is 14.7. The summed E-state index contributed by atoms with van der Waals surface area (Å²) in [6.07, 6.45) is 0.273. The van der Waals surface area contributed by atoms with E-state index in [1.54, 1.807) is 24.3 Å². The molecule has 0 aliphatic carbocycles. The largest absolute Gasteiger partial charge is 0.351 e. The topological polar surface area (TPSA) is 138 Å². The first kappa shape index (κ1) is 19.0. The van der Waals surface area contributed by atoms with E-state index in [0.717, 1.165) is 0 Å². The second-order valence-electron chi connectivity index (χ2n) is 6.62. The number of benzene rings is 1. The molecular formula is C17H20N4O5S. The van der Waals surface area contributed by atoms with Crippen molar-refractivity contribution in [2.45, 2.75) is 31.8 Å². The number of sulfone groups is 1. The number of fused-ring (bicyclic) bond motifs is 1. The zero-order valence-corrected chi connectivity index (χ0v) is 15.5. The third-order valence-corrected chi connectivity index (χ3v) is 6.22. The monoisotopic (exact) mass is 392 g/mol. The molecule has 2 aromatic rings. The summed E-state index contributed by atoms with van der Waals surface area (Å²) < 4.78 is 22.9. The Morgan fingerprint density at radius 1 is 1.30 bits per heavy atom. The predicted octanol–water partition coefficient (Wildman–Crippen LogP) is -0.726. The third-order valence-electron chi connectivity index (χ3n) is 4.45. The molecule has 0 bridgehead atoms. The predicted molar refractivity (Wildman–Crippen MR) is 98.9 cm³/mol. The van der Waals surface area contributed by atoms with Gasteiger partial charge in [0.25, 0.3) is 5.56 Å². The highest BCUT2D eigenvalue weighted by Crippen LogP contribution is 2.13. The lowest BCUT2D eigenvalue weighted by molar-refractivity contribution is -0.128. The second-order valence-corrected chi connectivity index (χ2v) is 8.85. The smallest absolute Gasteiger partial charge is 0.272 e. The molecule has 1 aliphatic rings. The highest BCUT2D eigenvalue weighted by molar-refractivity contribution is 7.91. The minimum atomic E-state index is -3.09. The average molecular weight is 392 g/mol. The van der Waals surface area contributed by atoms with E-state index < -0.39 is 33.7 Å². The Labute approximate surface area is 155 Å². The first-order chi connectivity index (χ1) is 12.7. The van der Waals surface area contributed by atoms with Gasteiger partial charge in [0.05, 0.1) is 29.0 Å². The lowest BCUT2D eigenvalue weighted by atomic mass is 10.1. The number of carbonyl (C=O) groups is 2. The molecule has 144 valence electrons. The fourth-order valence-corrected chi connectivity index (χ4v) is 4.72. The highest BCUT2D eigenvalue weighted by atomic mass is 32.2. The Morgan fingerprint density at radius 3 is 2.67 bits per heavy atom. The molecular weight excluding hydrogens is 372 g/mol. The van der Waals surface area contributed by atoms with Crippen molar-refractivity contribution < 1.29 is 18.0 Å². The van der Waals surface area contributed by atoms with E-state index in [0.29, 0.717) is 22.9 Å². The van der Waals surface area contributed by atoms with Crippen molar-refractivity contribution in [3.8, 4) is 0 Å². The van der Waals surface area contributed by atoms with Gasteiger partial charge in [-0.25, -0.2) is 13.5 Å². The van der Waals surface area contributed by atoms with E-state index in [9.17, 15) is 22.8 Å². The zero-order chi connectivity index (χ0) is 19.6. The summed E-state index contributed by atoms with van der Waals surface area (Å²) in [5.41, 5.74) is 0.0613. The molecule has 2 heterocycles. The number of aromatic nitrogens is 2. The van der Waals surface area contributed by atoms with Crippen molar-refractivity contribution in [1.82, 2.24) is 20.8 Å². The van der Waals surface area contributed by atoms with Gasteiger partial charge >= 0.3 is 0 Å². The molecule has 1 aromatic heterocycles. The normalized spacial score (nSPS) is 19.5. The minimum Gasteiger partial charge on any atom is -0.351 e. The van der Waals surface area contributed by atoms with Crippen LogP contribution in [0.4, 0.5) is 0 Å². The summed E-state index contributed by atoms with van der Waals surface area (Å²) in [4.78, 5) is 36.2. The van der Waals surface area contributed by atoms with Gasteiger partial charge in [-0.15, -0.1) is 0 Å². The molecule has 1 saturated heterocycles. The summed E-state index contributed by atoms with van der Waals surface area (Å²) in [5.74, 6) is -0.887. The molecule has 3 rings (SSSR count). The molecule has 3 N–H and O–H groups in total. The number of amides is 2.